The molecule has 0 radical (unpaired) electrons. The van der Waals surface area contributed by atoms with E-state index in [1.54, 1.807) is 0 Å². The Bertz CT molecular complexity index is 653. The summed E-state index contributed by atoms with van der Waals surface area (Å²) in [5, 5.41) is 15.2. The lowest BCUT2D eigenvalue weighted by molar-refractivity contribution is -0.172. The molecule has 1 atom stereocenters. The summed E-state index contributed by atoms with van der Waals surface area (Å²) in [5.74, 6) is -3.95. The third kappa shape index (κ3) is 4.65. The molecule has 0 spiro atoms. The molecule has 0 unspecified atom stereocenters. The number of esters is 1. The summed E-state index contributed by atoms with van der Waals surface area (Å²) in [7, 11) is 0. The molecule has 26 heavy (non-hydrogen) atoms. The van der Waals surface area contributed by atoms with Gasteiger partial charge >= 0.3 is 5.97 Å². The van der Waals surface area contributed by atoms with Crippen molar-refractivity contribution in [2.45, 2.75) is 38.7 Å². The number of nitrogens with zero attached hydrogens (tertiary/aromatic N) is 2. The number of hydrogen-bond donors (Lipinski definition) is 1. The summed E-state index contributed by atoms with van der Waals surface area (Å²) >= 11 is 0. The van der Waals surface area contributed by atoms with Gasteiger partial charge < -0.3 is 15.3 Å². The van der Waals surface area contributed by atoms with Crippen molar-refractivity contribution >= 4 is 23.8 Å². The van der Waals surface area contributed by atoms with Crippen LogP contribution < -0.4 is 10.3 Å². The Labute approximate surface area is 149 Å². The zero-order chi connectivity index (χ0) is 19.3. The molecule has 0 saturated carbocycles. The fourth-order valence-corrected chi connectivity index (χ4v) is 2.40. The van der Waals surface area contributed by atoms with Gasteiger partial charge in [-0.3, -0.25) is 14.6 Å². The van der Waals surface area contributed by atoms with E-state index in [0.29, 0.717) is 13.3 Å². The Hall–Kier alpha value is -2.30. The molecule has 8 nitrogen and oxygen atoms in total. The summed E-state index contributed by atoms with van der Waals surface area (Å²) < 4.78 is 32.6. The van der Waals surface area contributed by atoms with Gasteiger partial charge in [0.05, 0.1) is 18.8 Å². The molecule has 2 rings (SSSR count). The zero-order valence-corrected chi connectivity index (χ0v) is 14.4. The van der Waals surface area contributed by atoms with Crippen LogP contribution in [0.5, 0.6) is 0 Å². The molecule has 1 aromatic rings. The van der Waals surface area contributed by atoms with Crippen molar-refractivity contribution in [3.05, 3.63) is 29.0 Å². The maximum Gasteiger partial charge on any atom is 0.339 e. The predicted molar refractivity (Wildman–Crippen MR) is 89.0 cm³/mol. The van der Waals surface area contributed by atoms with Crippen molar-refractivity contribution in [1.29, 1.82) is 0 Å². The Morgan fingerprint density at radius 1 is 1.54 bits per heavy atom. The third-order valence-electron chi connectivity index (χ3n) is 3.75. The maximum absolute atomic E-state index is 13.8. The highest BCUT2D eigenvalue weighted by Crippen LogP contribution is 2.36. The van der Waals surface area contributed by atoms with Crippen molar-refractivity contribution in [3.63, 3.8) is 0 Å². The number of ether oxygens (including phenoxy) is 1. The second kappa shape index (κ2) is 8.39. The Morgan fingerprint density at radius 3 is 2.88 bits per heavy atom. The third-order valence-corrected chi connectivity index (χ3v) is 3.75. The fraction of sp³-hybridized carbons (Fsp3) is 0.500. The zero-order valence-electron chi connectivity index (χ0n) is 14.4. The van der Waals surface area contributed by atoms with E-state index in [2.05, 4.69) is 5.32 Å². The van der Waals surface area contributed by atoms with Gasteiger partial charge in [0.2, 0.25) is 6.41 Å². The van der Waals surface area contributed by atoms with E-state index in [1.165, 1.54) is 12.1 Å². The topological polar surface area (TPSA) is 94.2 Å². The first-order chi connectivity index (χ1) is 12.3. The monoisotopic (exact) mass is 372 g/mol. The molecule has 1 saturated heterocycles. The van der Waals surface area contributed by atoms with Crippen molar-refractivity contribution in [2.24, 2.45) is 0 Å². The van der Waals surface area contributed by atoms with Gasteiger partial charge in [0, 0.05) is 18.2 Å². The van der Waals surface area contributed by atoms with Gasteiger partial charge in [-0.25, -0.2) is 13.6 Å². The first kappa shape index (κ1) is 20.0. The molecular formula is C16H20F2N3O5-. The molecule has 0 aliphatic carbocycles. The van der Waals surface area contributed by atoms with Crippen molar-refractivity contribution in [2.75, 3.05) is 23.5 Å². The molecule has 0 bridgehead atoms. The summed E-state index contributed by atoms with van der Waals surface area (Å²) in [4.78, 5) is 27.4. The van der Waals surface area contributed by atoms with E-state index in [-0.39, 0.29) is 36.3 Å². The van der Waals surface area contributed by atoms with E-state index in [9.17, 15) is 23.6 Å². The highest BCUT2D eigenvalue weighted by Gasteiger charge is 2.35. The van der Waals surface area contributed by atoms with Gasteiger partial charge in [0.25, 0.3) is 5.92 Å². The van der Waals surface area contributed by atoms with Crippen LogP contribution in [0.2, 0.25) is 0 Å². The molecule has 1 aromatic carbocycles. The molecule has 1 aliphatic heterocycles. The number of benzene rings is 1. The number of hydrogen-bond acceptors (Lipinski definition) is 7. The maximum atomic E-state index is 13.8. The normalized spacial score (nSPS) is 18.0. The molecule has 144 valence electrons. The van der Waals surface area contributed by atoms with Gasteiger partial charge in [-0.05, 0) is 24.6 Å². The minimum absolute atomic E-state index is 0.0610. The lowest BCUT2D eigenvalue weighted by Crippen LogP contribution is -2.32. The SMILES string of the molecule is CCCCOC(=O)[C@H]1CN(c2ccc(NC=O)c(C(C)(F)F)c2)N([O-])O1. The molecule has 1 aliphatic rings. The number of hydrazine groups is 1. The number of alkyl halides is 2. The lowest BCUT2D eigenvalue weighted by atomic mass is 10.1. The fourth-order valence-electron chi connectivity index (χ4n) is 2.40. The van der Waals surface area contributed by atoms with Crippen LogP contribution >= 0.6 is 0 Å². The molecule has 1 fully saturated rings. The Morgan fingerprint density at radius 2 is 2.27 bits per heavy atom. The number of nitrogens with one attached hydrogen (secondary N) is 1. The van der Waals surface area contributed by atoms with Crippen LogP contribution in [0.25, 0.3) is 0 Å². The minimum atomic E-state index is -3.26. The number of rotatable bonds is 8. The van der Waals surface area contributed by atoms with Crippen molar-refractivity contribution < 1.29 is 27.9 Å². The molecule has 1 heterocycles. The first-order valence-electron chi connectivity index (χ1n) is 8.08. The van der Waals surface area contributed by atoms with Gasteiger partial charge in [-0.2, -0.15) is 5.34 Å². The first-order valence-corrected chi connectivity index (χ1v) is 8.08. The number of halogens is 2. The number of amides is 1. The van der Waals surface area contributed by atoms with Gasteiger partial charge in [-0.15, -0.1) is 0 Å². The summed E-state index contributed by atoms with van der Waals surface area (Å²) in [6, 6.07) is 3.67. The van der Waals surface area contributed by atoms with Gasteiger partial charge in [-0.1, -0.05) is 13.3 Å². The molecule has 1 N–H and O–H groups in total. The van der Waals surface area contributed by atoms with E-state index < -0.39 is 23.6 Å². The van der Waals surface area contributed by atoms with Crippen molar-refractivity contribution in [1.82, 2.24) is 5.34 Å². The second-order valence-electron chi connectivity index (χ2n) is 5.82. The average molecular weight is 372 g/mol. The van der Waals surface area contributed by atoms with Crippen LogP contribution in [0.15, 0.2) is 18.2 Å². The van der Waals surface area contributed by atoms with Crippen molar-refractivity contribution in [3.8, 4) is 0 Å². The van der Waals surface area contributed by atoms with Crippen LogP contribution in [0.4, 0.5) is 20.2 Å². The summed E-state index contributed by atoms with van der Waals surface area (Å²) in [5.41, 5.74) is -0.453. The van der Waals surface area contributed by atoms with Gasteiger partial charge in [0.1, 0.15) is 0 Å². The number of carbonyl (C=O) groups is 2. The molecule has 0 aromatic heterocycles. The van der Waals surface area contributed by atoms with E-state index in [1.807, 2.05) is 6.92 Å². The number of carbonyl (C=O) groups excluding carboxylic acids is 2. The minimum Gasteiger partial charge on any atom is -0.743 e. The van der Waals surface area contributed by atoms with E-state index in [0.717, 1.165) is 17.5 Å². The number of unbranched alkanes of at least 4 members (excludes halogenated alkanes) is 1. The standard InChI is InChI=1S/C16H20F2N3O5/c1-3-4-7-25-15(23)14-9-20(21(24)26-14)11-5-6-13(19-10-22)12(8-11)16(2,17)18/h5-6,8,10,14H,3-4,7,9H2,1-2H3,(H,19,22)/q-1/t14-/m1/s1. The van der Waals surface area contributed by atoms with Crippen LogP contribution in [0, 0.1) is 5.21 Å². The summed E-state index contributed by atoms with van der Waals surface area (Å²) in [6.07, 6.45) is 0.658. The molecule has 1 amide bonds. The number of anilines is 2. The van der Waals surface area contributed by atoms with Crippen LogP contribution in [-0.2, 0) is 25.1 Å². The lowest BCUT2D eigenvalue weighted by Gasteiger charge is -2.32. The Kier molecular flexibility index (Phi) is 6.46. The highest BCUT2D eigenvalue weighted by molar-refractivity contribution is 5.77. The van der Waals surface area contributed by atoms with E-state index in [4.69, 9.17) is 9.57 Å². The summed E-state index contributed by atoms with van der Waals surface area (Å²) in [6.45, 7) is 2.65. The van der Waals surface area contributed by atoms with Crippen LogP contribution in [0.3, 0.4) is 0 Å². The van der Waals surface area contributed by atoms with Crippen LogP contribution in [-0.4, -0.2) is 37.0 Å². The quantitative estimate of drug-likeness (QED) is 0.426. The highest BCUT2D eigenvalue weighted by atomic mass is 19.3. The Balaban J connectivity index is 2.17. The smallest absolute Gasteiger partial charge is 0.339 e. The average Bonchev–Trinajstić information content (AvgIpc) is 2.96. The van der Waals surface area contributed by atoms with Crippen LogP contribution in [0.1, 0.15) is 32.3 Å². The largest absolute Gasteiger partial charge is 0.743 e. The second-order valence-corrected chi connectivity index (χ2v) is 5.82. The molecular weight excluding hydrogens is 352 g/mol. The molecule has 10 heteroatoms. The van der Waals surface area contributed by atoms with E-state index >= 15 is 0 Å². The van der Waals surface area contributed by atoms with Gasteiger partial charge in [0.15, 0.2) is 6.10 Å². The predicted octanol–water partition coefficient (Wildman–Crippen LogP) is 2.54.